The molecule has 2 radical (unpaired) electrons. The molecule has 7 N–H and O–H groups in total. The van der Waals surface area contributed by atoms with Crippen LogP contribution in [0.3, 0.4) is 0 Å². The molecule has 27 heteroatoms. The topological polar surface area (TPSA) is 321 Å². The van der Waals surface area contributed by atoms with Crippen molar-refractivity contribution in [3.63, 3.8) is 0 Å². The van der Waals surface area contributed by atoms with Crippen molar-refractivity contribution < 1.29 is 83.6 Å². The number of para-hydroxylation sites is 6. The molecule has 3 aromatic carbocycles. The van der Waals surface area contributed by atoms with Crippen LogP contribution in [0, 0.1) is 0 Å². The molecule has 0 amide bonds. The molecule has 6 unspecified atom stereocenters. The van der Waals surface area contributed by atoms with Gasteiger partial charge in [0.15, 0.2) is 5.15 Å². The molecule has 608 valence electrons. The van der Waals surface area contributed by atoms with Crippen molar-refractivity contribution in [3.05, 3.63) is 120 Å². The van der Waals surface area contributed by atoms with Gasteiger partial charge < -0.3 is 59.1 Å². The van der Waals surface area contributed by atoms with Gasteiger partial charge >= 0.3 is 55.6 Å². The Morgan fingerprint density at radius 2 is 0.714 bits per heavy atom. The number of carbonyl (C=O) groups is 3. The second kappa shape index (κ2) is 44.7. The van der Waals surface area contributed by atoms with Crippen molar-refractivity contribution in [2.75, 3.05) is 20.8 Å². The maximum atomic E-state index is 13.8. The van der Waals surface area contributed by atoms with Crippen molar-refractivity contribution in [3.8, 4) is 0 Å². The maximum Gasteiger partial charge on any atom is 1.00 e. The summed E-state index contributed by atoms with van der Waals surface area (Å²) in [6, 6.07) is 29.9. The summed E-state index contributed by atoms with van der Waals surface area (Å²) >= 11 is 6.23. The number of ether oxygens (including phenoxy) is 2. The number of esters is 2. The van der Waals surface area contributed by atoms with Gasteiger partial charge in [0.1, 0.15) is 11.4 Å². The van der Waals surface area contributed by atoms with E-state index in [0.717, 1.165) is 77.7 Å². The number of halogens is 2. The molecule has 9 fully saturated rings. The Balaban J connectivity index is 0.000000180. The third-order valence-corrected chi connectivity index (χ3v) is 26.0. The standard InChI is InChI=1S/C29H41N3O4.C28H39N3O4.C23H30ClN3O.C5H11NO3.BF.Na.H2O/c1-36-28(34)19-24(33)15-16-26-29(35)32(27-12-8-7-11-25(27)30-26)23-17-21-13-14-22(18-23)31(21)20-9-5-3-2-4-6-10-20;32-23(18-27(33)34)14-15-25-28(35)31(26-11-7-6-10-24(26)29-25)22-16-20-12-13-21(17-22)30(20)19-8-4-2-1-3-5-9-19;24-22-23(28)27(21-11-7-6-10-20(21)25-22)19-14-17-12-13-18(15-19)26(17)16-8-4-2-1-3-5-9-16;1-9-5(8)2-4(7)3-6;1-2;;/h7-8,11-12,20-24,33H,2-6,9-10,13-19H2,1H3;6-7,10-11,19-23,32H,1-5,8-9,12-18H2,(H,33,34);6-7,10-11,16-19H,1-5,8-9,12-15H2;4,7H,2-3,6H2,1H3;;;1H2/q;;;;;+1;/p-1/t21-,22+,23?,24?;20-,21+,22?,23?;17-,18+,19?;;;;. The minimum absolute atomic E-state index is 0. The molecule has 0 spiro atoms. The number of methoxy groups -OCH3 is 2. The van der Waals surface area contributed by atoms with Gasteiger partial charge in [0.25, 0.3) is 16.7 Å². The Labute approximate surface area is 687 Å². The number of hydrogen-bond acceptors (Lipinski definition) is 19. The number of carbonyl (C=O) groups excluding carboxylic acids is 2. The van der Waals surface area contributed by atoms with Gasteiger partial charge in [-0.1, -0.05) is 144 Å². The molecule has 112 heavy (non-hydrogen) atoms. The molecule has 9 aliphatic rings. The van der Waals surface area contributed by atoms with Gasteiger partial charge in [0.2, 0.25) is 0 Å². The largest absolute Gasteiger partial charge is 1.00 e. The molecule has 6 aromatic rings. The molecule has 12 atom stereocenters. The van der Waals surface area contributed by atoms with Crippen LogP contribution in [-0.2, 0) is 36.7 Å². The molecule has 6 bridgehead atoms. The summed E-state index contributed by atoms with van der Waals surface area (Å²) in [6.45, 7) is 0.0924. The van der Waals surface area contributed by atoms with Crippen molar-refractivity contribution in [1.29, 1.82) is 0 Å². The Kier molecular flexibility index (Phi) is 36.1. The van der Waals surface area contributed by atoms with E-state index < -0.39 is 36.2 Å². The number of aliphatic hydroxyl groups is 3. The monoisotopic (exact) mass is 1580 g/mol. The number of carboxylic acid groups (broad SMARTS) is 1. The second-order valence-corrected chi connectivity index (χ2v) is 33.2. The van der Waals surface area contributed by atoms with Crippen molar-refractivity contribution in [1.82, 2.24) is 43.4 Å². The fourth-order valence-electron chi connectivity index (χ4n) is 20.8. The van der Waals surface area contributed by atoms with E-state index in [1.165, 1.54) is 188 Å². The minimum atomic E-state index is -1.03. The zero-order valence-electron chi connectivity index (χ0n) is 66.5. The van der Waals surface area contributed by atoms with Gasteiger partial charge in [-0.3, -0.25) is 43.5 Å². The van der Waals surface area contributed by atoms with Gasteiger partial charge in [-0.15, -0.1) is 0 Å². The molecule has 3 aliphatic carbocycles. The normalized spacial score (nSPS) is 25.4. The van der Waals surface area contributed by atoms with Crippen molar-refractivity contribution in [2.24, 2.45) is 5.73 Å². The number of fused-ring (bicyclic) bond motifs is 9. The van der Waals surface area contributed by atoms with E-state index in [1.807, 2.05) is 86.5 Å². The number of aliphatic hydroxyl groups excluding tert-OH is 3. The first kappa shape index (κ1) is 90.4. The number of aliphatic carboxylic acids is 1. The Morgan fingerprint density at radius 1 is 0.438 bits per heavy atom. The van der Waals surface area contributed by atoms with Crippen LogP contribution >= 0.6 is 11.6 Å². The van der Waals surface area contributed by atoms with Gasteiger partial charge in [-0.25, -0.2) is 15.0 Å². The van der Waals surface area contributed by atoms with Crippen LogP contribution in [0.2, 0.25) is 5.15 Å². The van der Waals surface area contributed by atoms with Crippen molar-refractivity contribution in [2.45, 2.75) is 348 Å². The summed E-state index contributed by atoms with van der Waals surface area (Å²) < 4.78 is 23.9. The van der Waals surface area contributed by atoms with Crippen LogP contribution in [-0.4, -0.2) is 189 Å². The molecule has 6 saturated heterocycles. The van der Waals surface area contributed by atoms with Crippen molar-refractivity contribution >= 4 is 70.7 Å². The summed E-state index contributed by atoms with van der Waals surface area (Å²) in [5.74, 6) is -1.92. The average Bonchev–Trinajstić information content (AvgIpc) is 1.50. The van der Waals surface area contributed by atoms with Gasteiger partial charge in [-0.2, -0.15) is 0 Å². The quantitative estimate of drug-likeness (QED) is 0.0372. The molecule has 6 aliphatic heterocycles. The molecule has 3 aromatic heterocycles. The number of piperidine rings is 3. The third kappa shape index (κ3) is 23.0. The molecule has 23 nitrogen and oxygen atoms in total. The predicted molar refractivity (Wildman–Crippen MR) is 430 cm³/mol. The number of nitrogens with two attached hydrogens (primary N) is 1. The van der Waals surface area contributed by atoms with Crippen LogP contribution in [0.25, 0.3) is 33.1 Å². The Bertz CT molecular complexity index is 4110. The van der Waals surface area contributed by atoms with E-state index in [2.05, 4.69) is 42.3 Å². The fraction of sp³-hybridized carbons (Fsp3) is 0.682. The number of benzene rings is 3. The molecule has 15 rings (SSSR count). The zero-order chi connectivity index (χ0) is 77.8. The summed E-state index contributed by atoms with van der Waals surface area (Å²) in [5, 5.41) is 38.1. The third-order valence-electron chi connectivity index (χ3n) is 25.7. The zero-order valence-corrected chi connectivity index (χ0v) is 69.3. The summed E-state index contributed by atoms with van der Waals surface area (Å²) in [7, 11) is 5.58. The number of carboxylic acids is 1. The molecular formula is C85H122BClFN10NaO13. The Morgan fingerprint density at radius 3 is 1.02 bits per heavy atom. The molecule has 9 heterocycles. The number of aryl methyl sites for hydroxylation is 2. The van der Waals surface area contributed by atoms with E-state index in [4.69, 9.17) is 36.8 Å². The minimum Gasteiger partial charge on any atom is -0.870 e. The average molecular weight is 1580 g/mol. The van der Waals surface area contributed by atoms with E-state index in [-0.39, 0.29) is 114 Å². The van der Waals surface area contributed by atoms with E-state index in [9.17, 15) is 39.0 Å². The predicted octanol–water partition coefficient (Wildman–Crippen LogP) is 10.0. The second-order valence-electron chi connectivity index (χ2n) is 32.8. The first-order valence-corrected chi connectivity index (χ1v) is 42.2. The summed E-state index contributed by atoms with van der Waals surface area (Å²) in [4.78, 5) is 95.4. The smallest absolute Gasteiger partial charge is 0.870 e. The first-order valence-electron chi connectivity index (χ1n) is 41.8. The van der Waals surface area contributed by atoms with Crippen LogP contribution < -0.4 is 52.0 Å². The van der Waals surface area contributed by atoms with Gasteiger partial charge in [0, 0.05) is 79.0 Å². The number of aromatic nitrogens is 6. The van der Waals surface area contributed by atoms with Crippen LogP contribution in [0.4, 0.5) is 4.32 Å². The van der Waals surface area contributed by atoms with E-state index >= 15 is 0 Å². The number of nitrogens with zero attached hydrogens (tertiary/aromatic N) is 9. The van der Waals surface area contributed by atoms with Gasteiger partial charge in [-0.05, 0) is 178 Å². The molecular weight excluding hydrogens is 1460 g/mol. The number of hydrogen-bond donors (Lipinski definition) is 5. The number of rotatable bonds is 19. The fourth-order valence-corrected chi connectivity index (χ4v) is 20.9. The van der Waals surface area contributed by atoms with Crippen LogP contribution in [0.15, 0.2) is 87.2 Å². The van der Waals surface area contributed by atoms with Gasteiger partial charge in [0.05, 0.1) is 84.9 Å². The van der Waals surface area contributed by atoms with E-state index in [0.29, 0.717) is 72.6 Å². The Hall–Kier alpha value is -5.55. The summed E-state index contributed by atoms with van der Waals surface area (Å²) in [6.07, 6.45) is 40.5. The van der Waals surface area contributed by atoms with E-state index in [1.54, 1.807) is 0 Å². The first-order chi connectivity index (χ1) is 53.5. The summed E-state index contributed by atoms with van der Waals surface area (Å²) in [5.41, 5.74) is 10.9. The maximum absolute atomic E-state index is 13.8. The van der Waals surface area contributed by atoms with Crippen LogP contribution in [0.5, 0.6) is 0 Å². The van der Waals surface area contributed by atoms with Crippen LogP contribution in [0.1, 0.15) is 274 Å². The SMILES string of the molecule is COC(=O)CC(O)CCc1nc2ccccc2n(C2C[C@H]3CC[C@@H](C2)N3C2CCCCCCC2)c1=O.COC(=O)CC(O)CN.O=C(O)CC(O)CCc1nc2ccccc2n(C2C[C@H]3CC[C@@H](C2)N3C2CCCCCCC2)c1=O.O=c1c(Cl)nc2ccccc2n1C1C[C@H]2CC[C@@H](C1)N2C1CCCCCCC1.[B]F.[Na+].[OH-]. The molecule has 3 saturated carbocycles.